The molecular weight excluding hydrogens is 374 g/mol. The molecule has 0 radical (unpaired) electrons. The highest BCUT2D eigenvalue weighted by atomic mass is 32.2. The number of carbonyl (C=O) groups excluding carboxylic acids is 1. The Kier molecular flexibility index (Phi) is 7.65. The highest BCUT2D eigenvalue weighted by Gasteiger charge is 2.31. The molecule has 0 aromatic heterocycles. The number of rotatable bonds is 7. The standard InChI is InChI=1S/C21H35N3O3S/c1-16-13-17(2)15-24(14-16)28(26,27)19-9-7-18(8-10-19)20(25)22-11-6-12-23-21(3,4)5/h7-10,16-17,23H,6,11-15H2,1-5H3,(H,22,25)/p+1/t16-,17+. The summed E-state index contributed by atoms with van der Waals surface area (Å²) in [5.74, 6) is 0.554. The van der Waals surface area contributed by atoms with Gasteiger partial charge in [0.05, 0.1) is 17.0 Å². The normalized spacial score (nSPS) is 21.5. The maximum Gasteiger partial charge on any atom is 0.251 e. The Morgan fingerprint density at radius 2 is 1.71 bits per heavy atom. The lowest BCUT2D eigenvalue weighted by Gasteiger charge is -2.34. The number of quaternary nitrogens is 1. The van der Waals surface area contributed by atoms with Crippen LogP contribution in [0.15, 0.2) is 29.2 Å². The Morgan fingerprint density at radius 3 is 2.25 bits per heavy atom. The van der Waals surface area contributed by atoms with Crippen LogP contribution in [0.4, 0.5) is 0 Å². The van der Waals surface area contributed by atoms with Gasteiger partial charge in [-0.3, -0.25) is 4.79 Å². The van der Waals surface area contributed by atoms with Crippen molar-refractivity contribution < 1.29 is 18.5 Å². The zero-order chi connectivity index (χ0) is 20.9. The van der Waals surface area contributed by atoms with Crippen molar-refractivity contribution in [3.63, 3.8) is 0 Å². The Bertz CT molecular complexity index is 744. The van der Waals surface area contributed by atoms with Gasteiger partial charge in [-0.15, -0.1) is 0 Å². The van der Waals surface area contributed by atoms with Crippen LogP contribution < -0.4 is 10.6 Å². The van der Waals surface area contributed by atoms with E-state index in [9.17, 15) is 13.2 Å². The molecule has 1 aliphatic heterocycles. The number of carbonyl (C=O) groups is 1. The van der Waals surface area contributed by atoms with Crippen LogP contribution in [0.5, 0.6) is 0 Å². The second kappa shape index (κ2) is 9.37. The first-order valence-electron chi connectivity index (χ1n) is 10.2. The van der Waals surface area contributed by atoms with Gasteiger partial charge in [0.2, 0.25) is 10.0 Å². The maximum absolute atomic E-state index is 12.9. The van der Waals surface area contributed by atoms with Crippen LogP contribution in [0.3, 0.4) is 0 Å². The number of nitrogens with zero attached hydrogens (tertiary/aromatic N) is 1. The average Bonchev–Trinajstić information content (AvgIpc) is 2.59. The summed E-state index contributed by atoms with van der Waals surface area (Å²) in [7, 11) is -3.51. The SMILES string of the molecule is C[C@@H]1C[C@H](C)CN(S(=O)(=O)c2ccc(C(=O)NCCC[NH2+]C(C)(C)C)cc2)C1. The van der Waals surface area contributed by atoms with E-state index >= 15 is 0 Å². The number of hydrogen-bond donors (Lipinski definition) is 2. The monoisotopic (exact) mass is 410 g/mol. The predicted octanol–water partition coefficient (Wildman–Crippen LogP) is 1.84. The van der Waals surface area contributed by atoms with Crippen molar-refractivity contribution in [2.75, 3.05) is 26.2 Å². The van der Waals surface area contributed by atoms with E-state index in [1.807, 2.05) is 0 Å². The molecule has 1 aliphatic rings. The van der Waals surface area contributed by atoms with Gasteiger partial charge in [0, 0.05) is 31.6 Å². The van der Waals surface area contributed by atoms with Gasteiger partial charge < -0.3 is 10.6 Å². The fourth-order valence-electron chi connectivity index (χ4n) is 3.67. The summed E-state index contributed by atoms with van der Waals surface area (Å²) in [6.45, 7) is 13.3. The highest BCUT2D eigenvalue weighted by Crippen LogP contribution is 2.26. The summed E-state index contributed by atoms with van der Waals surface area (Å²) in [4.78, 5) is 12.5. The first kappa shape index (κ1) is 22.8. The van der Waals surface area contributed by atoms with Crippen LogP contribution in [0.2, 0.25) is 0 Å². The molecule has 1 aromatic carbocycles. The van der Waals surface area contributed by atoms with Crippen molar-refractivity contribution in [3.05, 3.63) is 29.8 Å². The summed E-state index contributed by atoms with van der Waals surface area (Å²) in [5.41, 5.74) is 0.675. The van der Waals surface area contributed by atoms with Gasteiger partial charge in [0.1, 0.15) is 0 Å². The predicted molar refractivity (Wildman–Crippen MR) is 112 cm³/mol. The van der Waals surface area contributed by atoms with Gasteiger partial charge in [-0.1, -0.05) is 13.8 Å². The van der Waals surface area contributed by atoms with Gasteiger partial charge in [-0.2, -0.15) is 4.31 Å². The molecule has 2 rings (SSSR count). The number of amides is 1. The zero-order valence-corrected chi connectivity index (χ0v) is 18.7. The van der Waals surface area contributed by atoms with E-state index in [2.05, 4.69) is 45.3 Å². The third kappa shape index (κ3) is 6.57. The second-order valence-corrected chi connectivity index (χ2v) is 11.2. The summed E-state index contributed by atoms with van der Waals surface area (Å²) in [5, 5.41) is 5.15. The molecule has 1 aromatic rings. The van der Waals surface area contributed by atoms with Crippen LogP contribution in [0, 0.1) is 11.8 Å². The summed E-state index contributed by atoms with van der Waals surface area (Å²) in [6.07, 6.45) is 1.94. The fourth-order valence-corrected chi connectivity index (χ4v) is 5.35. The minimum Gasteiger partial charge on any atom is -0.352 e. The topological polar surface area (TPSA) is 83.1 Å². The van der Waals surface area contributed by atoms with E-state index in [1.54, 1.807) is 28.6 Å². The van der Waals surface area contributed by atoms with E-state index < -0.39 is 10.0 Å². The Morgan fingerprint density at radius 1 is 1.14 bits per heavy atom. The van der Waals surface area contributed by atoms with Gasteiger partial charge in [0.15, 0.2) is 0 Å². The fraction of sp³-hybridized carbons (Fsp3) is 0.667. The molecule has 1 heterocycles. The van der Waals surface area contributed by atoms with Crippen molar-refractivity contribution >= 4 is 15.9 Å². The van der Waals surface area contributed by atoms with Gasteiger partial charge in [0.25, 0.3) is 5.91 Å². The van der Waals surface area contributed by atoms with Crippen LogP contribution >= 0.6 is 0 Å². The quantitative estimate of drug-likeness (QED) is 0.673. The molecule has 158 valence electrons. The van der Waals surface area contributed by atoms with E-state index in [0.717, 1.165) is 19.4 Å². The molecule has 7 heteroatoms. The summed E-state index contributed by atoms with van der Waals surface area (Å²) in [6, 6.07) is 6.28. The number of hydrogen-bond acceptors (Lipinski definition) is 3. The average molecular weight is 411 g/mol. The Hall–Kier alpha value is -1.44. The molecule has 0 spiro atoms. The molecule has 0 aliphatic carbocycles. The van der Waals surface area contributed by atoms with Crippen molar-refractivity contribution in [2.24, 2.45) is 11.8 Å². The van der Waals surface area contributed by atoms with Crippen molar-refractivity contribution in [1.82, 2.24) is 9.62 Å². The highest BCUT2D eigenvalue weighted by molar-refractivity contribution is 7.89. The number of benzene rings is 1. The van der Waals surface area contributed by atoms with E-state index in [1.165, 1.54) is 0 Å². The number of sulfonamides is 1. The summed E-state index contributed by atoms with van der Waals surface area (Å²) < 4.78 is 27.4. The minimum absolute atomic E-state index is 0.167. The lowest BCUT2D eigenvalue weighted by Crippen LogP contribution is -2.94. The first-order valence-corrected chi connectivity index (χ1v) is 11.7. The zero-order valence-electron chi connectivity index (χ0n) is 17.9. The number of nitrogens with two attached hydrogens (primary N) is 1. The Labute approximate surface area is 170 Å². The largest absolute Gasteiger partial charge is 0.352 e. The molecule has 0 saturated carbocycles. The van der Waals surface area contributed by atoms with Crippen LogP contribution in [-0.4, -0.2) is 50.3 Å². The van der Waals surface area contributed by atoms with Crippen molar-refractivity contribution in [2.45, 2.75) is 57.9 Å². The molecule has 0 unspecified atom stereocenters. The van der Waals surface area contributed by atoms with E-state index in [4.69, 9.17) is 0 Å². The van der Waals surface area contributed by atoms with Crippen LogP contribution in [-0.2, 0) is 10.0 Å². The summed E-state index contributed by atoms with van der Waals surface area (Å²) >= 11 is 0. The van der Waals surface area contributed by atoms with Crippen molar-refractivity contribution in [1.29, 1.82) is 0 Å². The molecule has 0 bridgehead atoms. The maximum atomic E-state index is 12.9. The lowest BCUT2D eigenvalue weighted by molar-refractivity contribution is -0.717. The second-order valence-electron chi connectivity index (χ2n) is 9.26. The van der Waals surface area contributed by atoms with Crippen LogP contribution in [0.25, 0.3) is 0 Å². The minimum atomic E-state index is -3.51. The molecule has 3 N–H and O–H groups in total. The molecule has 6 nitrogen and oxygen atoms in total. The third-order valence-corrected chi connectivity index (χ3v) is 6.86. The van der Waals surface area contributed by atoms with Crippen molar-refractivity contribution in [3.8, 4) is 0 Å². The van der Waals surface area contributed by atoms with E-state index in [0.29, 0.717) is 37.0 Å². The molecule has 1 fully saturated rings. The van der Waals surface area contributed by atoms with E-state index in [-0.39, 0.29) is 16.3 Å². The molecule has 2 atom stereocenters. The first-order chi connectivity index (χ1) is 13.0. The van der Waals surface area contributed by atoms with Gasteiger partial charge in [-0.25, -0.2) is 8.42 Å². The molecule has 1 amide bonds. The Balaban J connectivity index is 1.92. The third-order valence-electron chi connectivity index (χ3n) is 5.01. The van der Waals surface area contributed by atoms with Gasteiger partial charge in [-0.05, 0) is 63.3 Å². The lowest BCUT2D eigenvalue weighted by atomic mass is 9.94. The molecule has 28 heavy (non-hydrogen) atoms. The van der Waals surface area contributed by atoms with Crippen LogP contribution in [0.1, 0.15) is 57.8 Å². The number of piperidine rings is 1. The van der Waals surface area contributed by atoms with Gasteiger partial charge >= 0.3 is 0 Å². The smallest absolute Gasteiger partial charge is 0.251 e. The number of nitrogens with one attached hydrogen (secondary N) is 1. The molecular formula is C21H36N3O3S+. The molecule has 1 saturated heterocycles.